The molecular weight excluding hydrogens is 354 g/mol. The second-order valence-corrected chi connectivity index (χ2v) is 7.33. The summed E-state index contributed by atoms with van der Waals surface area (Å²) >= 11 is 6.41. The van der Waals surface area contributed by atoms with E-state index in [9.17, 15) is 9.59 Å². The van der Waals surface area contributed by atoms with Gasteiger partial charge in [-0.15, -0.1) is 0 Å². The molecule has 0 saturated carbocycles. The molecule has 3 aliphatic heterocycles. The van der Waals surface area contributed by atoms with Crippen molar-refractivity contribution in [1.29, 1.82) is 0 Å². The minimum absolute atomic E-state index is 0.0363. The van der Waals surface area contributed by atoms with E-state index in [4.69, 9.17) is 21.1 Å². The summed E-state index contributed by atoms with van der Waals surface area (Å²) in [5, 5.41) is 3.93. The van der Waals surface area contributed by atoms with Crippen LogP contribution in [0.5, 0.6) is 5.75 Å². The summed E-state index contributed by atoms with van der Waals surface area (Å²) in [6.45, 7) is 0.309. The average Bonchev–Trinajstić information content (AvgIpc) is 3.18. The first kappa shape index (κ1) is 15.9. The van der Waals surface area contributed by atoms with Crippen LogP contribution in [0.3, 0.4) is 0 Å². The Labute approximate surface area is 155 Å². The van der Waals surface area contributed by atoms with Crippen molar-refractivity contribution in [3.63, 3.8) is 0 Å². The highest BCUT2D eigenvalue weighted by molar-refractivity contribution is 6.31. The summed E-state index contributed by atoms with van der Waals surface area (Å²) in [7, 11) is 0. The lowest BCUT2D eigenvalue weighted by atomic mass is 9.79. The third kappa shape index (κ3) is 2.01. The van der Waals surface area contributed by atoms with Gasteiger partial charge < -0.3 is 9.47 Å². The molecule has 0 radical (unpaired) electrons. The normalized spacial score (nSPS) is 32.1. The Hall–Kier alpha value is -2.37. The molecule has 4 atom stereocenters. The molecule has 1 N–H and O–H groups in total. The SMILES string of the molecule is O=C1c2ccccc2O[C@H]2[C@@H]1[C@H](c1ccccc1Cl)N[C@@]21CCOC1=O. The van der Waals surface area contributed by atoms with Crippen LogP contribution in [0.4, 0.5) is 0 Å². The smallest absolute Gasteiger partial charge is 0.330 e. The molecule has 0 aromatic heterocycles. The van der Waals surface area contributed by atoms with Crippen molar-refractivity contribution in [2.45, 2.75) is 24.1 Å². The Bertz CT molecular complexity index is 930. The largest absolute Gasteiger partial charge is 0.486 e. The number of cyclic esters (lactones) is 1. The van der Waals surface area contributed by atoms with Crippen LogP contribution in [-0.2, 0) is 9.53 Å². The third-order valence-electron chi connectivity index (χ3n) is 5.63. The van der Waals surface area contributed by atoms with E-state index in [1.807, 2.05) is 30.3 Å². The zero-order chi connectivity index (χ0) is 17.9. The number of fused-ring (bicyclic) bond motifs is 3. The number of esters is 1. The van der Waals surface area contributed by atoms with Crippen LogP contribution in [0, 0.1) is 5.92 Å². The first-order chi connectivity index (χ1) is 12.6. The van der Waals surface area contributed by atoms with Gasteiger partial charge in [0.2, 0.25) is 0 Å². The number of para-hydroxylation sites is 1. The number of benzene rings is 2. The van der Waals surface area contributed by atoms with E-state index < -0.39 is 23.6 Å². The number of Topliss-reactive ketones (excluding diaryl/α,β-unsaturated/α-hetero) is 1. The van der Waals surface area contributed by atoms with Crippen LogP contribution in [0.1, 0.15) is 28.4 Å². The number of nitrogens with one attached hydrogen (secondary N) is 1. The Morgan fingerprint density at radius 1 is 1.08 bits per heavy atom. The molecule has 3 heterocycles. The average molecular weight is 370 g/mol. The van der Waals surface area contributed by atoms with Crippen molar-refractivity contribution in [3.05, 3.63) is 64.7 Å². The molecule has 2 fully saturated rings. The number of ketones is 1. The number of halogens is 1. The highest BCUT2D eigenvalue weighted by Gasteiger charge is 2.66. The molecule has 1 spiro atoms. The molecule has 0 bridgehead atoms. The van der Waals surface area contributed by atoms with Crippen molar-refractivity contribution in [1.82, 2.24) is 5.32 Å². The van der Waals surface area contributed by atoms with Gasteiger partial charge in [0.25, 0.3) is 0 Å². The maximum Gasteiger partial charge on any atom is 0.330 e. The van der Waals surface area contributed by atoms with Crippen molar-refractivity contribution in [3.8, 4) is 5.75 Å². The van der Waals surface area contributed by atoms with Gasteiger partial charge in [-0.3, -0.25) is 10.1 Å². The first-order valence-electron chi connectivity index (χ1n) is 8.61. The van der Waals surface area contributed by atoms with Gasteiger partial charge in [0.05, 0.1) is 18.1 Å². The molecule has 2 aromatic rings. The van der Waals surface area contributed by atoms with Gasteiger partial charge in [-0.05, 0) is 23.8 Å². The maximum absolute atomic E-state index is 13.3. The van der Waals surface area contributed by atoms with Crippen molar-refractivity contribution in [2.75, 3.05) is 6.61 Å². The van der Waals surface area contributed by atoms with E-state index in [1.54, 1.807) is 18.2 Å². The second kappa shape index (κ2) is 5.56. The van der Waals surface area contributed by atoms with Crippen molar-refractivity contribution in [2.24, 2.45) is 5.92 Å². The fourth-order valence-corrected chi connectivity index (χ4v) is 4.66. The molecule has 5 rings (SSSR count). The van der Waals surface area contributed by atoms with E-state index >= 15 is 0 Å². The zero-order valence-electron chi connectivity index (χ0n) is 13.8. The first-order valence-corrected chi connectivity index (χ1v) is 8.99. The summed E-state index contributed by atoms with van der Waals surface area (Å²) in [5.74, 6) is -0.435. The van der Waals surface area contributed by atoms with Crippen molar-refractivity contribution >= 4 is 23.4 Å². The number of hydrogen-bond donors (Lipinski definition) is 1. The zero-order valence-corrected chi connectivity index (χ0v) is 14.5. The number of rotatable bonds is 1. The van der Waals surface area contributed by atoms with Gasteiger partial charge in [0, 0.05) is 17.5 Å². The fourth-order valence-electron chi connectivity index (χ4n) is 4.41. The van der Waals surface area contributed by atoms with Crippen LogP contribution in [-0.4, -0.2) is 30.0 Å². The molecule has 2 aromatic carbocycles. The minimum Gasteiger partial charge on any atom is -0.486 e. The van der Waals surface area contributed by atoms with Crippen LogP contribution in [0.2, 0.25) is 5.02 Å². The van der Waals surface area contributed by atoms with Crippen LogP contribution in [0.15, 0.2) is 48.5 Å². The molecule has 0 aliphatic carbocycles. The molecular formula is C20H16ClNO4. The molecule has 26 heavy (non-hydrogen) atoms. The molecule has 0 amide bonds. The standard InChI is InChI=1S/C20H16ClNO4/c21-13-7-3-1-5-11(13)16-15-17(23)12-6-2-4-8-14(12)26-18(15)20(22-16)9-10-25-19(20)24/h1-8,15-16,18,22H,9-10H2/t15-,16+,18+,20+/m1/s1. The van der Waals surface area contributed by atoms with Gasteiger partial charge in [-0.1, -0.05) is 41.9 Å². The lowest BCUT2D eigenvalue weighted by Crippen LogP contribution is -2.56. The quantitative estimate of drug-likeness (QED) is 0.783. The van der Waals surface area contributed by atoms with Crippen LogP contribution >= 0.6 is 11.6 Å². The molecule has 0 unspecified atom stereocenters. The van der Waals surface area contributed by atoms with E-state index in [0.29, 0.717) is 29.4 Å². The molecule has 6 heteroatoms. The lowest BCUT2D eigenvalue weighted by Gasteiger charge is -2.34. The van der Waals surface area contributed by atoms with Crippen LogP contribution in [0.25, 0.3) is 0 Å². The predicted molar refractivity (Wildman–Crippen MR) is 94.3 cm³/mol. The monoisotopic (exact) mass is 369 g/mol. The number of carbonyl (C=O) groups is 2. The lowest BCUT2D eigenvalue weighted by molar-refractivity contribution is -0.145. The van der Waals surface area contributed by atoms with Gasteiger partial charge in [0.1, 0.15) is 11.9 Å². The van der Waals surface area contributed by atoms with E-state index in [1.165, 1.54) is 0 Å². The molecule has 3 aliphatic rings. The maximum atomic E-state index is 13.3. The van der Waals surface area contributed by atoms with E-state index in [-0.39, 0.29) is 11.8 Å². The van der Waals surface area contributed by atoms with Crippen LogP contribution < -0.4 is 10.1 Å². The Morgan fingerprint density at radius 2 is 1.85 bits per heavy atom. The highest BCUT2D eigenvalue weighted by Crippen LogP contribution is 2.50. The summed E-state index contributed by atoms with van der Waals surface area (Å²) < 4.78 is 11.5. The van der Waals surface area contributed by atoms with E-state index in [2.05, 4.69) is 5.32 Å². The minimum atomic E-state index is -1.03. The summed E-state index contributed by atoms with van der Waals surface area (Å²) in [4.78, 5) is 25.9. The van der Waals surface area contributed by atoms with Crippen molar-refractivity contribution < 1.29 is 19.1 Å². The molecule has 5 nitrogen and oxygen atoms in total. The van der Waals surface area contributed by atoms with Gasteiger partial charge in [0.15, 0.2) is 11.3 Å². The van der Waals surface area contributed by atoms with E-state index in [0.717, 1.165) is 5.56 Å². The predicted octanol–water partition coefficient (Wildman–Crippen LogP) is 2.93. The summed E-state index contributed by atoms with van der Waals surface area (Å²) in [6, 6.07) is 14.1. The summed E-state index contributed by atoms with van der Waals surface area (Å²) in [6.07, 6.45) is -0.162. The second-order valence-electron chi connectivity index (χ2n) is 6.93. The number of hydrogen-bond acceptors (Lipinski definition) is 5. The van der Waals surface area contributed by atoms with Gasteiger partial charge in [-0.25, -0.2) is 4.79 Å². The Kier molecular flexibility index (Phi) is 3.39. The Morgan fingerprint density at radius 3 is 2.62 bits per heavy atom. The van der Waals surface area contributed by atoms with Gasteiger partial charge in [-0.2, -0.15) is 0 Å². The third-order valence-corrected chi connectivity index (χ3v) is 5.97. The topological polar surface area (TPSA) is 64.6 Å². The summed E-state index contributed by atoms with van der Waals surface area (Å²) in [5.41, 5.74) is 0.297. The highest BCUT2D eigenvalue weighted by atomic mass is 35.5. The van der Waals surface area contributed by atoms with Gasteiger partial charge >= 0.3 is 5.97 Å². The Balaban J connectivity index is 1.68. The number of carbonyl (C=O) groups excluding carboxylic acids is 2. The fraction of sp³-hybridized carbons (Fsp3) is 0.300. The molecule has 2 saturated heterocycles. The number of ether oxygens (including phenoxy) is 2. The molecule has 132 valence electrons.